The third kappa shape index (κ3) is 2.99. The SMILES string of the molecule is CN(C)C(C)(C)CNC(=O)c1c(Br)c2ccccc2n1C. The van der Waals surface area contributed by atoms with E-state index in [9.17, 15) is 4.79 Å². The number of carbonyl (C=O) groups excluding carboxylic acids is 1. The highest BCUT2D eigenvalue weighted by Crippen LogP contribution is 2.30. The third-order valence-corrected chi connectivity index (χ3v) is 4.96. The normalized spacial score (nSPS) is 12.1. The van der Waals surface area contributed by atoms with Crippen LogP contribution in [-0.4, -0.2) is 41.6 Å². The number of hydrogen-bond acceptors (Lipinski definition) is 2. The highest BCUT2D eigenvalue weighted by molar-refractivity contribution is 9.10. The molecule has 0 aliphatic rings. The van der Waals surface area contributed by atoms with Gasteiger partial charge in [0, 0.05) is 30.0 Å². The van der Waals surface area contributed by atoms with Gasteiger partial charge in [-0.2, -0.15) is 0 Å². The van der Waals surface area contributed by atoms with Gasteiger partial charge in [-0.15, -0.1) is 0 Å². The van der Waals surface area contributed by atoms with Crippen molar-refractivity contribution >= 4 is 32.7 Å². The molecule has 1 aromatic carbocycles. The Labute approximate surface area is 134 Å². The van der Waals surface area contributed by atoms with E-state index in [1.807, 2.05) is 50.0 Å². The predicted octanol–water partition coefficient (Wildman–Crippen LogP) is 3.01. The number of likely N-dealkylation sites (N-methyl/N-ethyl adjacent to an activating group) is 1. The number of amides is 1. The molecule has 21 heavy (non-hydrogen) atoms. The van der Waals surface area contributed by atoms with Crippen molar-refractivity contribution in [2.45, 2.75) is 19.4 Å². The third-order valence-electron chi connectivity index (χ3n) is 4.15. The summed E-state index contributed by atoms with van der Waals surface area (Å²) in [6.45, 7) is 4.79. The zero-order valence-corrected chi connectivity index (χ0v) is 14.8. The van der Waals surface area contributed by atoms with Crippen molar-refractivity contribution < 1.29 is 4.79 Å². The molecule has 1 heterocycles. The fourth-order valence-electron chi connectivity index (χ4n) is 2.14. The van der Waals surface area contributed by atoms with Gasteiger partial charge in [-0.1, -0.05) is 18.2 Å². The average Bonchev–Trinajstić information content (AvgIpc) is 2.69. The Morgan fingerprint density at radius 2 is 1.95 bits per heavy atom. The Hall–Kier alpha value is -1.33. The lowest BCUT2D eigenvalue weighted by molar-refractivity contribution is 0.0911. The van der Waals surface area contributed by atoms with Crippen molar-refractivity contribution in [3.05, 3.63) is 34.4 Å². The predicted molar refractivity (Wildman–Crippen MR) is 90.7 cm³/mol. The van der Waals surface area contributed by atoms with E-state index in [0.29, 0.717) is 12.2 Å². The van der Waals surface area contributed by atoms with Gasteiger partial charge in [0.15, 0.2) is 0 Å². The Morgan fingerprint density at radius 3 is 2.52 bits per heavy atom. The first-order valence-corrected chi connectivity index (χ1v) is 7.73. The minimum absolute atomic E-state index is 0.0597. The maximum atomic E-state index is 12.5. The molecule has 0 aliphatic heterocycles. The highest BCUT2D eigenvalue weighted by Gasteiger charge is 2.24. The topological polar surface area (TPSA) is 37.3 Å². The molecule has 0 atom stereocenters. The summed E-state index contributed by atoms with van der Waals surface area (Å²) < 4.78 is 2.78. The van der Waals surface area contributed by atoms with Crippen molar-refractivity contribution in [3.8, 4) is 0 Å². The van der Waals surface area contributed by atoms with Crippen LogP contribution < -0.4 is 5.32 Å². The molecule has 0 saturated carbocycles. The molecule has 0 saturated heterocycles. The summed E-state index contributed by atoms with van der Waals surface area (Å²) in [6, 6.07) is 7.98. The molecular formula is C16H22BrN3O. The second kappa shape index (κ2) is 5.81. The Morgan fingerprint density at radius 1 is 1.33 bits per heavy atom. The molecule has 0 unspecified atom stereocenters. The number of fused-ring (bicyclic) bond motifs is 1. The van der Waals surface area contributed by atoms with Gasteiger partial charge in [0.1, 0.15) is 5.69 Å². The zero-order valence-electron chi connectivity index (χ0n) is 13.2. The lowest BCUT2D eigenvalue weighted by atomic mass is 10.0. The molecule has 1 N–H and O–H groups in total. The first-order valence-electron chi connectivity index (χ1n) is 6.94. The second-order valence-electron chi connectivity index (χ2n) is 6.13. The number of nitrogens with zero attached hydrogens (tertiary/aromatic N) is 2. The maximum absolute atomic E-state index is 12.5. The summed E-state index contributed by atoms with van der Waals surface area (Å²) in [5.74, 6) is -0.0597. The van der Waals surface area contributed by atoms with E-state index < -0.39 is 0 Å². The molecule has 0 aliphatic carbocycles. The molecule has 2 rings (SSSR count). The van der Waals surface area contributed by atoms with Crippen molar-refractivity contribution in [2.75, 3.05) is 20.6 Å². The van der Waals surface area contributed by atoms with Crippen molar-refractivity contribution in [2.24, 2.45) is 7.05 Å². The van der Waals surface area contributed by atoms with Gasteiger partial charge in [-0.05, 0) is 49.9 Å². The molecule has 2 aromatic rings. The van der Waals surface area contributed by atoms with E-state index in [2.05, 4.69) is 40.0 Å². The smallest absolute Gasteiger partial charge is 0.269 e. The number of benzene rings is 1. The van der Waals surface area contributed by atoms with Gasteiger partial charge in [-0.25, -0.2) is 0 Å². The van der Waals surface area contributed by atoms with Gasteiger partial charge in [-0.3, -0.25) is 4.79 Å². The van der Waals surface area contributed by atoms with Crippen LogP contribution in [0.4, 0.5) is 0 Å². The van der Waals surface area contributed by atoms with Crippen LogP contribution in [0.1, 0.15) is 24.3 Å². The number of rotatable bonds is 4. The molecule has 0 spiro atoms. The van der Waals surface area contributed by atoms with Gasteiger partial charge in [0.05, 0.1) is 4.47 Å². The monoisotopic (exact) mass is 351 g/mol. The van der Waals surface area contributed by atoms with Gasteiger partial charge in [0.2, 0.25) is 0 Å². The lowest BCUT2D eigenvalue weighted by Crippen LogP contribution is -2.48. The first-order chi connectivity index (χ1) is 9.75. The van der Waals surface area contributed by atoms with Crippen molar-refractivity contribution in [1.82, 2.24) is 14.8 Å². The lowest BCUT2D eigenvalue weighted by Gasteiger charge is -2.32. The van der Waals surface area contributed by atoms with Crippen LogP contribution >= 0.6 is 15.9 Å². The van der Waals surface area contributed by atoms with E-state index in [0.717, 1.165) is 15.4 Å². The summed E-state index contributed by atoms with van der Waals surface area (Å²) in [6.07, 6.45) is 0. The van der Waals surface area contributed by atoms with E-state index in [4.69, 9.17) is 0 Å². The van der Waals surface area contributed by atoms with E-state index in [1.54, 1.807) is 0 Å². The minimum Gasteiger partial charge on any atom is -0.349 e. The van der Waals surface area contributed by atoms with E-state index >= 15 is 0 Å². The quantitative estimate of drug-likeness (QED) is 0.919. The molecule has 0 fully saturated rings. The van der Waals surface area contributed by atoms with Crippen LogP contribution in [-0.2, 0) is 7.05 Å². The fourth-order valence-corrected chi connectivity index (χ4v) is 2.92. The van der Waals surface area contributed by atoms with Crippen LogP contribution in [0.15, 0.2) is 28.7 Å². The first kappa shape index (κ1) is 16.0. The maximum Gasteiger partial charge on any atom is 0.269 e. The standard InChI is InChI=1S/C16H22BrN3O/c1-16(2,19(3)4)10-18-15(21)14-13(17)11-8-6-7-9-12(11)20(14)5/h6-9H,10H2,1-5H3,(H,18,21). The largest absolute Gasteiger partial charge is 0.349 e. The zero-order chi connectivity index (χ0) is 15.8. The van der Waals surface area contributed by atoms with Crippen molar-refractivity contribution in [1.29, 1.82) is 0 Å². The number of para-hydroxylation sites is 1. The van der Waals surface area contributed by atoms with Crippen LogP contribution in [0.3, 0.4) is 0 Å². The number of aryl methyl sites for hydroxylation is 1. The summed E-state index contributed by atoms with van der Waals surface area (Å²) in [4.78, 5) is 14.6. The molecular weight excluding hydrogens is 330 g/mol. The molecule has 4 nitrogen and oxygen atoms in total. The summed E-state index contributed by atoms with van der Waals surface area (Å²) in [7, 11) is 5.94. The summed E-state index contributed by atoms with van der Waals surface area (Å²) in [5, 5.41) is 4.08. The minimum atomic E-state index is -0.0906. The van der Waals surface area contributed by atoms with Gasteiger partial charge in [0.25, 0.3) is 5.91 Å². The molecule has 0 bridgehead atoms. The van der Waals surface area contributed by atoms with Gasteiger partial charge >= 0.3 is 0 Å². The number of halogens is 1. The Bertz CT molecular complexity index is 634. The van der Waals surface area contributed by atoms with Crippen LogP contribution in [0.2, 0.25) is 0 Å². The summed E-state index contributed by atoms with van der Waals surface area (Å²) >= 11 is 3.56. The van der Waals surface area contributed by atoms with Crippen LogP contribution in [0.25, 0.3) is 10.9 Å². The second-order valence-corrected chi connectivity index (χ2v) is 6.92. The van der Waals surface area contributed by atoms with E-state index in [1.165, 1.54) is 0 Å². The van der Waals surface area contributed by atoms with Crippen molar-refractivity contribution in [3.63, 3.8) is 0 Å². The Balaban J connectivity index is 2.28. The number of carbonyl (C=O) groups is 1. The molecule has 1 amide bonds. The van der Waals surface area contributed by atoms with Crippen LogP contribution in [0.5, 0.6) is 0 Å². The number of aromatic nitrogens is 1. The average molecular weight is 352 g/mol. The Kier molecular flexibility index (Phi) is 4.44. The molecule has 0 radical (unpaired) electrons. The molecule has 1 aromatic heterocycles. The molecule has 114 valence electrons. The highest BCUT2D eigenvalue weighted by atomic mass is 79.9. The summed E-state index contributed by atoms with van der Waals surface area (Å²) in [5.41, 5.74) is 1.61. The van der Waals surface area contributed by atoms with Crippen LogP contribution in [0, 0.1) is 0 Å². The fraction of sp³-hybridized carbons (Fsp3) is 0.438. The number of nitrogens with one attached hydrogen (secondary N) is 1. The van der Waals surface area contributed by atoms with Gasteiger partial charge < -0.3 is 14.8 Å². The molecule has 5 heteroatoms. The number of hydrogen-bond donors (Lipinski definition) is 1. The van der Waals surface area contributed by atoms with E-state index in [-0.39, 0.29) is 11.4 Å².